The summed E-state index contributed by atoms with van der Waals surface area (Å²) in [6.45, 7) is 2.04. The molecular weight excluding hydrogens is 286 g/mol. The summed E-state index contributed by atoms with van der Waals surface area (Å²) in [6, 6.07) is 0.252. The molecule has 0 aliphatic heterocycles. The molecule has 0 aromatic heterocycles. The lowest BCUT2D eigenvalue weighted by molar-refractivity contribution is 0.0287. The van der Waals surface area contributed by atoms with Gasteiger partial charge >= 0.3 is 16.3 Å². The van der Waals surface area contributed by atoms with Gasteiger partial charge < -0.3 is 15.2 Å². The van der Waals surface area contributed by atoms with E-state index in [-0.39, 0.29) is 31.9 Å². The van der Waals surface area contributed by atoms with Gasteiger partial charge in [-0.05, 0) is 32.6 Å². The summed E-state index contributed by atoms with van der Waals surface area (Å²) >= 11 is 0. The Kier molecular flexibility index (Phi) is 7.20. The average molecular weight is 309 g/mol. The molecule has 8 nitrogen and oxygen atoms in total. The van der Waals surface area contributed by atoms with Crippen LogP contribution in [-0.4, -0.2) is 46.4 Å². The second kappa shape index (κ2) is 8.40. The second-order valence-corrected chi connectivity index (χ2v) is 6.13. The highest BCUT2D eigenvalue weighted by Gasteiger charge is 2.19. The maximum absolute atomic E-state index is 11.4. The van der Waals surface area contributed by atoms with E-state index in [4.69, 9.17) is 10.5 Å². The molecular formula is C11H23N3O5S. The van der Waals surface area contributed by atoms with Crippen LogP contribution in [0.2, 0.25) is 0 Å². The zero-order valence-electron chi connectivity index (χ0n) is 11.6. The number of carbonyl (C=O) groups is 1. The summed E-state index contributed by atoms with van der Waals surface area (Å²) in [5.74, 6) is 0. The van der Waals surface area contributed by atoms with E-state index in [1.54, 1.807) is 11.6 Å². The summed E-state index contributed by atoms with van der Waals surface area (Å²) in [7, 11) is -3.89. The van der Waals surface area contributed by atoms with Crippen molar-refractivity contribution >= 4 is 16.3 Å². The Labute approximate surface area is 119 Å². The van der Waals surface area contributed by atoms with Crippen molar-refractivity contribution in [1.29, 1.82) is 0 Å². The first-order valence-corrected chi connectivity index (χ1v) is 8.22. The van der Waals surface area contributed by atoms with Crippen LogP contribution in [0, 0.1) is 0 Å². The minimum Gasteiger partial charge on any atom is -0.449 e. The van der Waals surface area contributed by atoms with Crippen LogP contribution in [0.25, 0.3) is 0 Å². The molecule has 0 aromatic carbocycles. The van der Waals surface area contributed by atoms with Crippen LogP contribution < -0.4 is 15.2 Å². The molecule has 118 valence electrons. The Bertz CT molecular complexity index is 393. The van der Waals surface area contributed by atoms with Gasteiger partial charge in [-0.15, -0.1) is 0 Å². The number of nitrogens with two attached hydrogens (primary N) is 1. The smallest absolute Gasteiger partial charge is 0.421 e. The summed E-state index contributed by atoms with van der Waals surface area (Å²) in [4.78, 5) is 11.0. The molecule has 1 saturated carbocycles. The van der Waals surface area contributed by atoms with E-state index >= 15 is 0 Å². The van der Waals surface area contributed by atoms with Crippen LogP contribution >= 0.6 is 0 Å². The zero-order valence-corrected chi connectivity index (χ0v) is 12.4. The first-order valence-electron chi connectivity index (χ1n) is 6.74. The largest absolute Gasteiger partial charge is 0.449 e. The van der Waals surface area contributed by atoms with Gasteiger partial charge in [0.15, 0.2) is 0 Å². The quantitative estimate of drug-likeness (QED) is 0.563. The highest BCUT2D eigenvalue weighted by atomic mass is 32.2. The third-order valence-corrected chi connectivity index (χ3v) is 3.98. The van der Waals surface area contributed by atoms with E-state index in [1.165, 1.54) is 0 Å². The third kappa shape index (κ3) is 7.04. The number of carbonyl (C=O) groups excluding carboxylic acids is 1. The first-order chi connectivity index (χ1) is 9.43. The van der Waals surface area contributed by atoms with Gasteiger partial charge in [0.1, 0.15) is 0 Å². The number of hydrogen-bond donors (Lipinski definition) is 3. The van der Waals surface area contributed by atoms with E-state index in [9.17, 15) is 13.2 Å². The molecule has 9 heteroatoms. The van der Waals surface area contributed by atoms with Crippen LogP contribution in [0.5, 0.6) is 0 Å². The molecule has 0 atom stereocenters. The van der Waals surface area contributed by atoms with Gasteiger partial charge in [-0.25, -0.2) is 9.52 Å². The fourth-order valence-corrected chi connectivity index (χ4v) is 2.67. The molecule has 0 aromatic rings. The Balaban J connectivity index is 2.15. The highest BCUT2D eigenvalue weighted by molar-refractivity contribution is 7.88. The number of amides is 1. The van der Waals surface area contributed by atoms with Gasteiger partial charge in [0, 0.05) is 12.6 Å². The van der Waals surface area contributed by atoms with Crippen molar-refractivity contribution in [3.8, 4) is 0 Å². The van der Waals surface area contributed by atoms with Crippen LogP contribution in [-0.2, 0) is 19.7 Å². The second-order valence-electron chi connectivity index (χ2n) is 4.63. The van der Waals surface area contributed by atoms with Crippen molar-refractivity contribution in [3.63, 3.8) is 0 Å². The molecule has 0 spiro atoms. The van der Waals surface area contributed by atoms with E-state index in [0.717, 1.165) is 25.7 Å². The molecule has 1 aliphatic carbocycles. The fourth-order valence-electron chi connectivity index (χ4n) is 1.96. The van der Waals surface area contributed by atoms with Gasteiger partial charge in [0.2, 0.25) is 0 Å². The highest BCUT2D eigenvalue weighted by Crippen LogP contribution is 2.19. The van der Waals surface area contributed by atoms with E-state index in [2.05, 4.69) is 9.46 Å². The molecule has 0 bridgehead atoms. The van der Waals surface area contributed by atoms with E-state index in [1.807, 2.05) is 0 Å². The summed E-state index contributed by atoms with van der Waals surface area (Å²) < 4.78 is 36.8. The Morgan fingerprint density at radius 2 is 1.95 bits per heavy atom. The van der Waals surface area contributed by atoms with Gasteiger partial charge in [-0.2, -0.15) is 13.1 Å². The molecule has 1 aliphatic rings. The van der Waals surface area contributed by atoms with E-state index < -0.39 is 16.3 Å². The van der Waals surface area contributed by atoms with Crippen molar-refractivity contribution in [3.05, 3.63) is 0 Å². The monoisotopic (exact) mass is 309 g/mol. The maximum Gasteiger partial charge on any atom is 0.421 e. The van der Waals surface area contributed by atoms with Crippen LogP contribution in [0.4, 0.5) is 4.79 Å². The SMILES string of the molecule is CCOC(=O)NS(=O)(=O)NCCOC1CCC(N)CC1. The van der Waals surface area contributed by atoms with E-state index in [0.29, 0.717) is 0 Å². The van der Waals surface area contributed by atoms with Gasteiger partial charge in [-0.3, -0.25) is 0 Å². The summed E-state index contributed by atoms with van der Waals surface area (Å²) in [6.07, 6.45) is 2.80. The molecule has 0 saturated heterocycles. The Hall–Kier alpha value is -0.900. The predicted octanol–water partition coefficient (Wildman–Crippen LogP) is -0.147. The Morgan fingerprint density at radius 1 is 1.30 bits per heavy atom. The van der Waals surface area contributed by atoms with Crippen molar-refractivity contribution < 1.29 is 22.7 Å². The predicted molar refractivity (Wildman–Crippen MR) is 73.3 cm³/mol. The van der Waals surface area contributed by atoms with Gasteiger partial charge in [0.05, 0.1) is 19.3 Å². The van der Waals surface area contributed by atoms with Crippen molar-refractivity contribution in [2.75, 3.05) is 19.8 Å². The van der Waals surface area contributed by atoms with Gasteiger partial charge in [-0.1, -0.05) is 0 Å². The molecule has 4 N–H and O–H groups in total. The van der Waals surface area contributed by atoms with Crippen molar-refractivity contribution in [2.45, 2.75) is 44.8 Å². The molecule has 20 heavy (non-hydrogen) atoms. The topological polar surface area (TPSA) is 120 Å². The molecule has 0 radical (unpaired) electrons. The Morgan fingerprint density at radius 3 is 2.55 bits per heavy atom. The fraction of sp³-hybridized carbons (Fsp3) is 0.909. The number of ether oxygens (including phenoxy) is 2. The normalized spacial score (nSPS) is 23.3. The summed E-state index contributed by atoms with van der Waals surface area (Å²) in [5.41, 5.74) is 5.78. The zero-order chi connectivity index (χ0) is 15.0. The molecule has 0 heterocycles. The minimum atomic E-state index is -3.89. The van der Waals surface area contributed by atoms with Crippen LogP contribution in [0.3, 0.4) is 0 Å². The van der Waals surface area contributed by atoms with Gasteiger partial charge in [0.25, 0.3) is 0 Å². The lowest BCUT2D eigenvalue weighted by Gasteiger charge is -2.26. The van der Waals surface area contributed by atoms with Crippen LogP contribution in [0.15, 0.2) is 0 Å². The number of hydrogen-bond acceptors (Lipinski definition) is 6. The number of nitrogens with one attached hydrogen (secondary N) is 2. The maximum atomic E-state index is 11.4. The number of rotatable bonds is 7. The molecule has 1 amide bonds. The molecule has 0 unspecified atom stereocenters. The van der Waals surface area contributed by atoms with Crippen LogP contribution in [0.1, 0.15) is 32.6 Å². The lowest BCUT2D eigenvalue weighted by Crippen LogP contribution is -2.42. The standard InChI is InChI=1S/C11H23N3O5S/c1-2-18-11(15)14-20(16,17)13-7-8-19-10-5-3-9(12)4-6-10/h9-10,13H,2-8,12H2,1H3,(H,14,15). The first kappa shape index (κ1) is 17.2. The summed E-state index contributed by atoms with van der Waals surface area (Å²) in [5, 5.41) is 0. The average Bonchev–Trinajstić information content (AvgIpc) is 2.36. The molecule has 1 fully saturated rings. The van der Waals surface area contributed by atoms with Crippen molar-refractivity contribution in [2.24, 2.45) is 5.73 Å². The third-order valence-electron chi connectivity index (χ3n) is 2.96. The van der Waals surface area contributed by atoms with Crippen molar-refractivity contribution in [1.82, 2.24) is 9.44 Å². The molecule has 1 rings (SSSR count). The lowest BCUT2D eigenvalue weighted by atomic mass is 9.94. The minimum absolute atomic E-state index is 0.0945.